The third-order valence-corrected chi connectivity index (χ3v) is 4.71. The Morgan fingerprint density at radius 1 is 1.05 bits per heavy atom. The van der Waals surface area contributed by atoms with Crippen LogP contribution < -0.4 is 10.2 Å². The van der Waals surface area contributed by atoms with E-state index in [9.17, 15) is 0 Å². The summed E-state index contributed by atoms with van der Waals surface area (Å²) < 4.78 is 0.927. The van der Waals surface area contributed by atoms with Crippen LogP contribution in [0.5, 0.6) is 0 Å². The molecule has 0 aliphatic heterocycles. The van der Waals surface area contributed by atoms with E-state index >= 15 is 0 Å². The van der Waals surface area contributed by atoms with Gasteiger partial charge >= 0.3 is 0 Å². The fourth-order valence-electron chi connectivity index (χ4n) is 2.23. The number of nitrogens with one attached hydrogen (secondary N) is 1. The lowest BCUT2D eigenvalue weighted by Gasteiger charge is -2.21. The third-order valence-electron chi connectivity index (χ3n) is 3.48. The fraction of sp³-hybridized carbons (Fsp3) is 0.294. The van der Waals surface area contributed by atoms with Crippen molar-refractivity contribution >= 4 is 38.9 Å². The van der Waals surface area contributed by atoms with Gasteiger partial charge in [-0.05, 0) is 71.7 Å². The molecule has 0 atom stereocenters. The van der Waals surface area contributed by atoms with E-state index in [1.54, 1.807) is 0 Å². The molecule has 21 heavy (non-hydrogen) atoms. The van der Waals surface area contributed by atoms with Crippen molar-refractivity contribution in [1.82, 2.24) is 0 Å². The van der Waals surface area contributed by atoms with Gasteiger partial charge in [0.1, 0.15) is 0 Å². The predicted molar refractivity (Wildman–Crippen MR) is 96.5 cm³/mol. The molecule has 0 aliphatic carbocycles. The molecule has 0 bridgehead atoms. The number of halogens is 2. The molecule has 112 valence electrons. The van der Waals surface area contributed by atoms with E-state index in [-0.39, 0.29) is 0 Å². The monoisotopic (exact) mass is 366 g/mol. The van der Waals surface area contributed by atoms with Gasteiger partial charge in [0.15, 0.2) is 0 Å². The van der Waals surface area contributed by atoms with Crippen LogP contribution in [0, 0.1) is 0 Å². The zero-order valence-electron chi connectivity index (χ0n) is 12.4. The second-order valence-electron chi connectivity index (χ2n) is 4.82. The summed E-state index contributed by atoms with van der Waals surface area (Å²) in [5.74, 6) is 0. The van der Waals surface area contributed by atoms with Crippen LogP contribution in [0.15, 0.2) is 46.9 Å². The van der Waals surface area contributed by atoms with Crippen LogP contribution in [0.3, 0.4) is 0 Å². The molecule has 2 nitrogen and oxygen atoms in total. The predicted octanol–water partition coefficient (Wildman–Crippen LogP) is 5.56. The van der Waals surface area contributed by atoms with Gasteiger partial charge in [0.05, 0.1) is 5.02 Å². The van der Waals surface area contributed by atoms with E-state index < -0.39 is 0 Å². The molecule has 2 rings (SSSR count). The highest BCUT2D eigenvalue weighted by atomic mass is 79.9. The Morgan fingerprint density at radius 2 is 1.71 bits per heavy atom. The Hall–Kier alpha value is -1.19. The number of hydrogen-bond acceptors (Lipinski definition) is 2. The highest BCUT2D eigenvalue weighted by Crippen LogP contribution is 2.24. The number of anilines is 2. The van der Waals surface area contributed by atoms with Gasteiger partial charge in [-0.3, -0.25) is 0 Å². The Kier molecular flexibility index (Phi) is 5.95. The lowest BCUT2D eigenvalue weighted by molar-refractivity contribution is 0.866. The van der Waals surface area contributed by atoms with Crippen molar-refractivity contribution in [3.8, 4) is 0 Å². The zero-order valence-corrected chi connectivity index (χ0v) is 14.7. The topological polar surface area (TPSA) is 15.3 Å². The molecule has 0 radical (unpaired) electrons. The van der Waals surface area contributed by atoms with Crippen molar-refractivity contribution < 1.29 is 0 Å². The number of rotatable bonds is 6. The maximum Gasteiger partial charge on any atom is 0.0551 e. The van der Waals surface area contributed by atoms with Gasteiger partial charge in [-0.1, -0.05) is 17.7 Å². The van der Waals surface area contributed by atoms with Crippen LogP contribution in [0.2, 0.25) is 5.02 Å². The van der Waals surface area contributed by atoms with Crippen LogP contribution in [-0.4, -0.2) is 13.1 Å². The molecule has 0 saturated carbocycles. The maximum atomic E-state index is 6.10. The van der Waals surface area contributed by atoms with E-state index in [0.717, 1.165) is 40.4 Å². The van der Waals surface area contributed by atoms with Crippen LogP contribution in [0.1, 0.15) is 19.4 Å². The SMILES string of the molecule is CCN(CC)c1ccc(NCc2ccc(Br)c(Cl)c2)cc1. The summed E-state index contributed by atoms with van der Waals surface area (Å²) >= 11 is 9.51. The zero-order chi connectivity index (χ0) is 15.2. The first-order chi connectivity index (χ1) is 10.1. The molecule has 1 N–H and O–H groups in total. The summed E-state index contributed by atoms with van der Waals surface area (Å²) in [5, 5.41) is 4.16. The number of hydrogen-bond donors (Lipinski definition) is 1. The van der Waals surface area contributed by atoms with Crippen LogP contribution in [0.25, 0.3) is 0 Å². The first-order valence-electron chi connectivity index (χ1n) is 7.16. The van der Waals surface area contributed by atoms with Crippen LogP contribution in [0.4, 0.5) is 11.4 Å². The summed E-state index contributed by atoms with van der Waals surface area (Å²) in [5.41, 5.74) is 3.54. The van der Waals surface area contributed by atoms with Gasteiger partial charge in [-0.15, -0.1) is 0 Å². The van der Waals surface area contributed by atoms with Crippen molar-refractivity contribution in [3.05, 3.63) is 57.5 Å². The highest BCUT2D eigenvalue weighted by Gasteiger charge is 2.02. The Labute approximate surface area is 140 Å². The second kappa shape index (κ2) is 7.71. The van der Waals surface area contributed by atoms with E-state index in [4.69, 9.17) is 11.6 Å². The molecule has 0 unspecified atom stereocenters. The molecule has 0 saturated heterocycles. The smallest absolute Gasteiger partial charge is 0.0551 e. The summed E-state index contributed by atoms with van der Waals surface area (Å²) in [6.45, 7) is 7.17. The highest BCUT2D eigenvalue weighted by molar-refractivity contribution is 9.10. The first kappa shape index (κ1) is 16.2. The van der Waals surface area contributed by atoms with Gasteiger partial charge in [-0.2, -0.15) is 0 Å². The van der Waals surface area contributed by atoms with Crippen molar-refractivity contribution in [1.29, 1.82) is 0 Å². The van der Waals surface area contributed by atoms with Gasteiger partial charge in [0, 0.05) is 35.5 Å². The van der Waals surface area contributed by atoms with Gasteiger partial charge in [0.2, 0.25) is 0 Å². The molecular weight excluding hydrogens is 348 g/mol. The Morgan fingerprint density at radius 3 is 2.29 bits per heavy atom. The lowest BCUT2D eigenvalue weighted by Crippen LogP contribution is -2.21. The molecule has 0 fully saturated rings. The van der Waals surface area contributed by atoms with Crippen molar-refractivity contribution in [2.45, 2.75) is 20.4 Å². The molecule has 4 heteroatoms. The van der Waals surface area contributed by atoms with Gasteiger partial charge in [0.25, 0.3) is 0 Å². The van der Waals surface area contributed by atoms with Crippen molar-refractivity contribution in [2.75, 3.05) is 23.3 Å². The van der Waals surface area contributed by atoms with E-state index in [1.165, 1.54) is 5.69 Å². The minimum atomic E-state index is 0.742. The molecular formula is C17H20BrClN2. The van der Waals surface area contributed by atoms with Crippen LogP contribution in [-0.2, 0) is 6.54 Å². The maximum absolute atomic E-state index is 6.10. The normalized spacial score (nSPS) is 10.5. The molecule has 0 spiro atoms. The van der Waals surface area contributed by atoms with E-state index in [2.05, 4.69) is 70.3 Å². The van der Waals surface area contributed by atoms with Crippen molar-refractivity contribution in [2.24, 2.45) is 0 Å². The standard InChI is InChI=1S/C17H20BrClN2/c1-3-21(4-2)15-8-6-14(7-9-15)20-12-13-5-10-16(18)17(19)11-13/h5-11,20H,3-4,12H2,1-2H3. The molecule has 0 heterocycles. The van der Waals surface area contributed by atoms with Gasteiger partial charge in [-0.25, -0.2) is 0 Å². The average Bonchev–Trinajstić information content (AvgIpc) is 2.51. The Bertz CT molecular complexity index is 580. The fourth-order valence-corrected chi connectivity index (χ4v) is 2.68. The lowest BCUT2D eigenvalue weighted by atomic mass is 10.2. The Balaban J connectivity index is 1.98. The molecule has 0 aliphatic rings. The van der Waals surface area contributed by atoms with Gasteiger partial charge < -0.3 is 10.2 Å². The van der Waals surface area contributed by atoms with Crippen molar-refractivity contribution in [3.63, 3.8) is 0 Å². The first-order valence-corrected chi connectivity index (χ1v) is 8.34. The van der Waals surface area contributed by atoms with E-state index in [1.807, 2.05) is 12.1 Å². The van der Waals surface area contributed by atoms with Crippen LogP contribution >= 0.6 is 27.5 Å². The number of benzene rings is 2. The summed E-state index contributed by atoms with van der Waals surface area (Å²) in [6.07, 6.45) is 0. The quantitative estimate of drug-likeness (QED) is 0.719. The summed E-state index contributed by atoms with van der Waals surface area (Å²) in [7, 11) is 0. The molecule has 0 aromatic heterocycles. The second-order valence-corrected chi connectivity index (χ2v) is 6.08. The molecule has 0 amide bonds. The number of nitrogens with zero attached hydrogens (tertiary/aromatic N) is 1. The molecule has 2 aromatic rings. The largest absolute Gasteiger partial charge is 0.381 e. The average molecular weight is 368 g/mol. The summed E-state index contributed by atoms with van der Waals surface area (Å²) in [6, 6.07) is 14.6. The third kappa shape index (κ3) is 4.39. The summed E-state index contributed by atoms with van der Waals surface area (Å²) in [4.78, 5) is 2.33. The minimum Gasteiger partial charge on any atom is -0.381 e. The molecule has 2 aromatic carbocycles. The minimum absolute atomic E-state index is 0.742. The van der Waals surface area contributed by atoms with E-state index in [0.29, 0.717) is 0 Å².